The van der Waals surface area contributed by atoms with E-state index in [4.69, 9.17) is 0 Å². The summed E-state index contributed by atoms with van der Waals surface area (Å²) in [5, 5.41) is 6.66. The molecule has 0 fully saturated rings. The zero-order valence-electron chi connectivity index (χ0n) is 37.1. The predicted molar refractivity (Wildman–Crippen MR) is 253 cm³/mol. The van der Waals surface area contributed by atoms with Crippen LogP contribution in [0.5, 0.6) is 0 Å². The molecule has 0 saturated heterocycles. The highest BCUT2D eigenvalue weighted by Gasteiger charge is 2.68. The molecule has 0 unspecified atom stereocenters. The summed E-state index contributed by atoms with van der Waals surface area (Å²) in [6.07, 6.45) is 0.489. The van der Waals surface area contributed by atoms with E-state index >= 15 is 0 Å². The van der Waals surface area contributed by atoms with Crippen LogP contribution in [0, 0.1) is 83.1 Å². The number of hydrogen-bond acceptors (Lipinski definition) is 0. The standard InChI is InChI=1S/C46H71BP2Si3/c1-30-22-34(5)42(35(6)23-30)48(43-36(7)24-31(2)25-37(43)8)47(46(50(13,14)15,51(16,17)18)52(19,20)21)49(44-38(9)26-32(3)27-39(44)10)45-40(11)28-33(4)29-41(45)12/h22-29H,1-21H3. The summed E-state index contributed by atoms with van der Waals surface area (Å²) >= 11 is 0. The molecule has 0 spiro atoms. The van der Waals surface area contributed by atoms with E-state index in [1.807, 2.05) is 0 Å². The number of aryl methyl sites for hydroxylation is 12. The molecule has 4 rings (SSSR count). The monoisotopic (exact) mass is 780 g/mol. The minimum Gasteiger partial charge on any atom is -0.0715 e. The van der Waals surface area contributed by atoms with Crippen molar-refractivity contribution < 1.29 is 0 Å². The molecule has 6 heteroatoms. The molecule has 52 heavy (non-hydrogen) atoms. The van der Waals surface area contributed by atoms with E-state index in [1.165, 1.54) is 66.8 Å². The van der Waals surface area contributed by atoms with Gasteiger partial charge in [0.25, 0.3) is 0 Å². The van der Waals surface area contributed by atoms with E-state index in [0.29, 0.717) is 6.15 Å². The highest BCUT2D eigenvalue weighted by atomic mass is 31.2. The summed E-state index contributed by atoms with van der Waals surface area (Å²) in [7, 11) is -7.51. The first kappa shape index (κ1) is 43.2. The smallest absolute Gasteiger partial charge is 0.0715 e. The molecule has 0 heterocycles. The van der Waals surface area contributed by atoms with Gasteiger partial charge in [-0.15, -0.1) is 0 Å². The van der Waals surface area contributed by atoms with Crippen LogP contribution in [0.2, 0.25) is 63.1 Å². The molecular formula is C46H71BP2Si3. The highest BCUT2D eigenvalue weighted by molar-refractivity contribution is 8.30. The summed E-state index contributed by atoms with van der Waals surface area (Å²) in [6.45, 7) is 54.0. The summed E-state index contributed by atoms with van der Waals surface area (Å²) in [4.78, 5) is 0. The predicted octanol–water partition coefficient (Wildman–Crippen LogP) is 12.8. The minimum absolute atomic E-state index is 0.283. The van der Waals surface area contributed by atoms with Crippen LogP contribution in [0.4, 0.5) is 0 Å². The second-order valence-electron chi connectivity index (χ2n) is 19.7. The third kappa shape index (κ3) is 7.65. The fraction of sp³-hybridized carbons (Fsp3) is 0.478. The van der Waals surface area contributed by atoms with Crippen LogP contribution in [0.25, 0.3) is 0 Å². The molecule has 4 aromatic carbocycles. The second kappa shape index (κ2) is 15.2. The van der Waals surface area contributed by atoms with Crippen molar-refractivity contribution >= 4 is 67.2 Å². The molecule has 0 aliphatic rings. The Bertz CT molecular complexity index is 1630. The molecule has 0 nitrogen and oxygen atoms in total. The van der Waals surface area contributed by atoms with E-state index < -0.39 is 39.8 Å². The molecule has 0 atom stereocenters. The lowest BCUT2D eigenvalue weighted by Gasteiger charge is -2.65. The molecular weight excluding hydrogens is 710 g/mol. The van der Waals surface area contributed by atoms with Gasteiger partial charge >= 0.3 is 0 Å². The van der Waals surface area contributed by atoms with Crippen LogP contribution < -0.4 is 21.2 Å². The van der Waals surface area contributed by atoms with Gasteiger partial charge in [0.1, 0.15) is 0 Å². The fourth-order valence-electron chi connectivity index (χ4n) is 12.0. The van der Waals surface area contributed by atoms with E-state index in [1.54, 1.807) is 21.2 Å². The van der Waals surface area contributed by atoms with Crippen molar-refractivity contribution in [3.8, 4) is 0 Å². The van der Waals surface area contributed by atoms with Gasteiger partial charge in [0.2, 0.25) is 6.15 Å². The number of hydrogen-bond donors (Lipinski definition) is 0. The van der Waals surface area contributed by atoms with Gasteiger partial charge in [0.15, 0.2) is 0 Å². The summed E-state index contributed by atoms with van der Waals surface area (Å²) < 4.78 is 0.283. The topological polar surface area (TPSA) is 0 Å². The lowest BCUT2D eigenvalue weighted by Crippen LogP contribution is -2.72. The van der Waals surface area contributed by atoms with Gasteiger partial charge in [-0.3, -0.25) is 0 Å². The van der Waals surface area contributed by atoms with Crippen molar-refractivity contribution in [2.45, 2.75) is 146 Å². The van der Waals surface area contributed by atoms with Crippen molar-refractivity contribution in [3.05, 3.63) is 115 Å². The van der Waals surface area contributed by atoms with Crippen LogP contribution in [-0.4, -0.2) is 30.4 Å². The maximum atomic E-state index is 2.80. The average Bonchev–Trinajstić information content (AvgIpc) is 2.90. The van der Waals surface area contributed by atoms with E-state index in [-0.39, 0.29) is 4.18 Å². The first-order valence-corrected chi connectivity index (χ1v) is 32.9. The number of benzene rings is 4. The largest absolute Gasteiger partial charge is 0.219 e. The normalized spacial score (nSPS) is 13.1. The molecule has 0 radical (unpaired) electrons. The Morgan fingerprint density at radius 1 is 0.327 bits per heavy atom. The SMILES string of the molecule is Cc1cc(C)c(P(B(P(c2c(C)cc(C)cc2C)c2c(C)cc(C)cc2C)C([Si](C)(C)C)([Si](C)(C)C)[Si](C)(C)C)c2c(C)cc(C)cc2C)c(C)c1. The molecule has 4 aromatic rings. The minimum atomic E-state index is -1.95. The van der Waals surface area contributed by atoms with Gasteiger partial charge in [0, 0.05) is 24.2 Å². The van der Waals surface area contributed by atoms with Gasteiger partial charge in [-0.05, 0) is 149 Å². The first-order valence-electron chi connectivity index (χ1n) is 19.6. The second-order valence-corrected chi connectivity index (χ2v) is 41.7. The van der Waals surface area contributed by atoms with E-state index in [9.17, 15) is 0 Å². The highest BCUT2D eigenvalue weighted by Crippen LogP contribution is 2.71. The average molecular weight is 781 g/mol. The van der Waals surface area contributed by atoms with Gasteiger partial charge in [-0.25, -0.2) is 0 Å². The molecule has 0 bridgehead atoms. The molecule has 0 amide bonds. The summed E-state index contributed by atoms with van der Waals surface area (Å²) in [5.41, 5.74) is 17.5. The Morgan fingerprint density at radius 2 is 0.481 bits per heavy atom. The van der Waals surface area contributed by atoms with Gasteiger partial charge in [-0.1, -0.05) is 149 Å². The Balaban J connectivity index is 2.55. The van der Waals surface area contributed by atoms with Crippen molar-refractivity contribution in [3.63, 3.8) is 0 Å². The van der Waals surface area contributed by atoms with Crippen molar-refractivity contribution in [2.24, 2.45) is 0 Å². The first-order chi connectivity index (χ1) is 23.7. The maximum absolute atomic E-state index is 2.80. The maximum Gasteiger partial charge on any atom is 0.219 e. The van der Waals surface area contributed by atoms with Crippen LogP contribution in [0.3, 0.4) is 0 Å². The third-order valence-corrected chi connectivity index (χ3v) is 42.7. The molecule has 280 valence electrons. The summed E-state index contributed by atoms with van der Waals surface area (Å²) in [6, 6.07) is 20.1. The van der Waals surface area contributed by atoms with Crippen molar-refractivity contribution in [1.82, 2.24) is 0 Å². The van der Waals surface area contributed by atoms with Gasteiger partial charge in [-0.2, -0.15) is 0 Å². The fourth-order valence-corrected chi connectivity index (χ4v) is 58.6. The quantitative estimate of drug-likeness (QED) is 0.111. The lowest BCUT2D eigenvalue weighted by atomic mass is 10.1. The Kier molecular flexibility index (Phi) is 12.6. The van der Waals surface area contributed by atoms with Crippen LogP contribution in [-0.2, 0) is 0 Å². The van der Waals surface area contributed by atoms with Crippen LogP contribution in [0.1, 0.15) is 66.8 Å². The Labute approximate surface area is 327 Å². The summed E-state index contributed by atoms with van der Waals surface area (Å²) in [5.74, 6) is 0. The van der Waals surface area contributed by atoms with E-state index in [2.05, 4.69) is 191 Å². The zero-order valence-corrected chi connectivity index (χ0v) is 41.9. The van der Waals surface area contributed by atoms with E-state index in [0.717, 1.165) is 0 Å². The molecule has 0 N–H and O–H groups in total. The van der Waals surface area contributed by atoms with Crippen molar-refractivity contribution in [2.75, 3.05) is 0 Å². The lowest BCUT2D eigenvalue weighted by molar-refractivity contribution is 1.23. The number of rotatable bonds is 10. The Morgan fingerprint density at radius 3 is 0.615 bits per heavy atom. The molecule has 0 aliphatic carbocycles. The molecule has 0 aromatic heterocycles. The Hall–Kier alpha value is -1.54. The third-order valence-electron chi connectivity index (χ3n) is 11.9. The zero-order chi connectivity index (χ0) is 39.6. The van der Waals surface area contributed by atoms with Crippen LogP contribution in [0.15, 0.2) is 48.5 Å². The van der Waals surface area contributed by atoms with Gasteiger partial charge in [0.05, 0.1) is 0 Å². The molecule has 0 aliphatic heterocycles. The van der Waals surface area contributed by atoms with Crippen LogP contribution >= 0.6 is 15.6 Å². The molecule has 0 saturated carbocycles. The van der Waals surface area contributed by atoms with Gasteiger partial charge < -0.3 is 0 Å². The van der Waals surface area contributed by atoms with Crippen molar-refractivity contribution in [1.29, 1.82) is 0 Å².